The third kappa shape index (κ3) is 3.92. The molecule has 1 aromatic carbocycles. The van der Waals surface area contributed by atoms with E-state index in [1.807, 2.05) is 0 Å². The molecule has 1 aromatic heterocycles. The number of carbonyl (C=O) groups excluding carboxylic acids is 2. The Morgan fingerprint density at radius 2 is 1.95 bits per heavy atom. The van der Waals surface area contributed by atoms with E-state index in [2.05, 4.69) is 5.32 Å². The second-order valence-electron chi connectivity index (χ2n) is 4.50. The van der Waals surface area contributed by atoms with Crippen molar-refractivity contribution in [2.75, 3.05) is 5.32 Å². The molecular formula is C15H13F2N2O2+. The van der Waals surface area contributed by atoms with Crippen LogP contribution < -0.4 is 9.88 Å². The lowest BCUT2D eigenvalue weighted by Crippen LogP contribution is -2.40. The number of nitrogens with zero attached hydrogens (tertiary/aromatic N) is 1. The molecule has 21 heavy (non-hydrogen) atoms. The molecule has 2 aromatic rings. The Morgan fingerprint density at radius 3 is 2.62 bits per heavy atom. The number of carbonyl (C=O) groups is 2. The number of anilines is 1. The molecule has 0 radical (unpaired) electrons. The van der Waals surface area contributed by atoms with E-state index < -0.39 is 17.5 Å². The standard InChI is InChI=1S/C15H12F2N2O2/c1-10(20)11-3-2-6-19(8-11)9-15(21)18-12-4-5-13(16)14(17)7-12/h2-8H,9H2,1H3/p+1. The first-order valence-corrected chi connectivity index (χ1v) is 6.20. The van der Waals surface area contributed by atoms with Crippen molar-refractivity contribution in [3.05, 3.63) is 59.9 Å². The minimum atomic E-state index is -1.03. The number of pyridine rings is 1. The van der Waals surface area contributed by atoms with Gasteiger partial charge in [-0.25, -0.2) is 8.78 Å². The summed E-state index contributed by atoms with van der Waals surface area (Å²) >= 11 is 0. The number of Topliss-reactive ketones (excluding diaryl/α,β-unsaturated/α-hetero) is 1. The van der Waals surface area contributed by atoms with Gasteiger partial charge in [0.05, 0.1) is 5.56 Å². The van der Waals surface area contributed by atoms with Crippen molar-refractivity contribution in [3.63, 3.8) is 0 Å². The molecule has 6 heteroatoms. The highest BCUT2D eigenvalue weighted by Crippen LogP contribution is 2.12. The molecule has 108 valence electrons. The zero-order valence-corrected chi connectivity index (χ0v) is 11.3. The molecule has 0 spiro atoms. The third-order valence-electron chi connectivity index (χ3n) is 2.79. The van der Waals surface area contributed by atoms with Gasteiger partial charge in [0.15, 0.2) is 29.8 Å². The van der Waals surface area contributed by atoms with Gasteiger partial charge in [0.1, 0.15) is 0 Å². The monoisotopic (exact) mass is 291 g/mol. The van der Waals surface area contributed by atoms with E-state index in [4.69, 9.17) is 0 Å². The van der Waals surface area contributed by atoms with Gasteiger partial charge < -0.3 is 5.32 Å². The summed E-state index contributed by atoms with van der Waals surface area (Å²) in [5.74, 6) is -2.52. The first kappa shape index (κ1) is 14.8. The van der Waals surface area contributed by atoms with Gasteiger partial charge in [0, 0.05) is 17.8 Å². The van der Waals surface area contributed by atoms with Crippen LogP contribution in [-0.4, -0.2) is 11.7 Å². The van der Waals surface area contributed by atoms with Gasteiger partial charge in [-0.15, -0.1) is 0 Å². The van der Waals surface area contributed by atoms with Crippen LogP contribution in [-0.2, 0) is 11.3 Å². The van der Waals surface area contributed by atoms with Crippen molar-refractivity contribution < 1.29 is 22.9 Å². The molecule has 0 saturated carbocycles. The normalized spacial score (nSPS) is 10.2. The number of halogens is 2. The van der Waals surface area contributed by atoms with Crippen molar-refractivity contribution in [1.82, 2.24) is 0 Å². The zero-order valence-electron chi connectivity index (χ0n) is 11.3. The Morgan fingerprint density at radius 1 is 1.19 bits per heavy atom. The van der Waals surface area contributed by atoms with Gasteiger partial charge in [-0.05, 0) is 25.1 Å². The maximum absolute atomic E-state index is 13.0. The second kappa shape index (κ2) is 6.21. The molecule has 2 rings (SSSR count). The van der Waals surface area contributed by atoms with Gasteiger partial charge >= 0.3 is 0 Å². The summed E-state index contributed by atoms with van der Waals surface area (Å²) in [4.78, 5) is 23.1. The summed E-state index contributed by atoms with van der Waals surface area (Å²) in [5, 5.41) is 2.46. The van der Waals surface area contributed by atoms with Crippen LogP contribution in [0.3, 0.4) is 0 Å². The molecule has 0 aliphatic carbocycles. The number of nitrogens with one attached hydrogen (secondary N) is 1. The topological polar surface area (TPSA) is 50.0 Å². The number of rotatable bonds is 4. The Bertz CT molecular complexity index is 702. The fraction of sp³-hybridized carbons (Fsp3) is 0.133. The van der Waals surface area contributed by atoms with E-state index in [0.29, 0.717) is 5.56 Å². The third-order valence-corrected chi connectivity index (χ3v) is 2.79. The van der Waals surface area contributed by atoms with Crippen LogP contribution in [0.4, 0.5) is 14.5 Å². The van der Waals surface area contributed by atoms with E-state index >= 15 is 0 Å². The highest BCUT2D eigenvalue weighted by Gasteiger charge is 2.12. The number of aromatic nitrogens is 1. The largest absolute Gasteiger partial charge is 0.320 e. The van der Waals surface area contributed by atoms with Gasteiger partial charge in [0.25, 0.3) is 5.91 Å². The molecule has 0 bridgehead atoms. The highest BCUT2D eigenvalue weighted by molar-refractivity contribution is 5.93. The molecule has 0 saturated heterocycles. The molecule has 1 N–H and O–H groups in total. The predicted molar refractivity (Wildman–Crippen MR) is 71.6 cm³/mol. The van der Waals surface area contributed by atoms with E-state index in [1.54, 1.807) is 24.5 Å². The first-order valence-electron chi connectivity index (χ1n) is 6.20. The van der Waals surface area contributed by atoms with Crippen molar-refractivity contribution in [2.45, 2.75) is 13.5 Å². The van der Waals surface area contributed by atoms with E-state index in [9.17, 15) is 18.4 Å². The Balaban J connectivity index is 2.06. The molecule has 4 nitrogen and oxygen atoms in total. The Kier molecular flexibility index (Phi) is 4.37. The minimum absolute atomic E-state index is 0.0416. The summed E-state index contributed by atoms with van der Waals surface area (Å²) in [6.07, 6.45) is 3.18. The van der Waals surface area contributed by atoms with Gasteiger partial charge in [-0.1, -0.05) is 0 Å². The summed E-state index contributed by atoms with van der Waals surface area (Å²) in [6, 6.07) is 6.42. The second-order valence-corrected chi connectivity index (χ2v) is 4.50. The number of hydrogen-bond acceptors (Lipinski definition) is 2. The van der Waals surface area contributed by atoms with Crippen LogP contribution in [0, 0.1) is 11.6 Å². The number of amides is 1. The molecule has 1 amide bonds. The molecule has 1 heterocycles. The summed E-state index contributed by atoms with van der Waals surface area (Å²) in [6.45, 7) is 1.39. The maximum atomic E-state index is 13.0. The van der Waals surface area contributed by atoms with E-state index in [-0.39, 0.29) is 18.0 Å². The van der Waals surface area contributed by atoms with Crippen LogP contribution in [0.2, 0.25) is 0 Å². The first-order chi connectivity index (χ1) is 9.95. The van der Waals surface area contributed by atoms with Gasteiger partial charge in [-0.2, -0.15) is 4.57 Å². The quantitative estimate of drug-likeness (QED) is 0.692. The van der Waals surface area contributed by atoms with Crippen molar-refractivity contribution >= 4 is 17.4 Å². The molecule has 0 fully saturated rings. The van der Waals surface area contributed by atoms with Crippen LogP contribution in [0.15, 0.2) is 42.7 Å². The van der Waals surface area contributed by atoms with Crippen molar-refractivity contribution in [1.29, 1.82) is 0 Å². The molecular weight excluding hydrogens is 278 g/mol. The minimum Gasteiger partial charge on any atom is -0.320 e. The lowest BCUT2D eigenvalue weighted by atomic mass is 10.2. The van der Waals surface area contributed by atoms with Crippen LogP contribution >= 0.6 is 0 Å². The summed E-state index contributed by atoms with van der Waals surface area (Å²) < 4.78 is 27.3. The number of hydrogen-bond donors (Lipinski definition) is 1. The molecule has 0 atom stereocenters. The lowest BCUT2D eigenvalue weighted by molar-refractivity contribution is -0.684. The van der Waals surface area contributed by atoms with E-state index in [0.717, 1.165) is 12.1 Å². The predicted octanol–water partition coefficient (Wildman–Crippen LogP) is 2.09. The smallest absolute Gasteiger partial charge is 0.290 e. The van der Waals surface area contributed by atoms with Crippen molar-refractivity contribution in [2.24, 2.45) is 0 Å². The van der Waals surface area contributed by atoms with Crippen LogP contribution in [0.25, 0.3) is 0 Å². The average Bonchev–Trinajstić information content (AvgIpc) is 2.43. The van der Waals surface area contributed by atoms with Gasteiger partial charge in [-0.3, -0.25) is 9.59 Å². The van der Waals surface area contributed by atoms with E-state index in [1.165, 1.54) is 17.6 Å². The molecule has 0 aliphatic heterocycles. The fourth-order valence-corrected chi connectivity index (χ4v) is 1.77. The number of benzene rings is 1. The van der Waals surface area contributed by atoms with Gasteiger partial charge in [0.2, 0.25) is 6.54 Å². The average molecular weight is 291 g/mol. The Hall–Kier alpha value is -2.63. The maximum Gasteiger partial charge on any atom is 0.290 e. The van der Waals surface area contributed by atoms with Crippen LogP contribution in [0.5, 0.6) is 0 Å². The highest BCUT2D eigenvalue weighted by atomic mass is 19.2. The van der Waals surface area contributed by atoms with Crippen LogP contribution in [0.1, 0.15) is 17.3 Å². The zero-order chi connectivity index (χ0) is 15.4. The lowest BCUT2D eigenvalue weighted by Gasteiger charge is -2.04. The number of ketones is 1. The summed E-state index contributed by atoms with van der Waals surface area (Å²) in [7, 11) is 0. The Labute approximate surface area is 120 Å². The SMILES string of the molecule is CC(=O)c1ccc[n+](CC(=O)Nc2ccc(F)c(F)c2)c1. The molecule has 0 aliphatic rings. The summed E-state index contributed by atoms with van der Waals surface area (Å²) in [5.41, 5.74) is 0.653. The van der Waals surface area contributed by atoms with Crippen molar-refractivity contribution in [3.8, 4) is 0 Å². The fourth-order valence-electron chi connectivity index (χ4n) is 1.77. The molecule has 0 unspecified atom stereocenters.